The van der Waals surface area contributed by atoms with E-state index in [1.165, 1.54) is 12.8 Å². The van der Waals surface area contributed by atoms with E-state index in [2.05, 4.69) is 5.32 Å². The number of esters is 1. The van der Waals surface area contributed by atoms with Crippen LogP contribution < -0.4 is 5.32 Å². The molecule has 4 nitrogen and oxygen atoms in total. The number of ether oxygens (including phenoxy) is 2. The van der Waals surface area contributed by atoms with Gasteiger partial charge in [-0.1, -0.05) is 0 Å². The molecule has 0 bridgehead atoms. The molecule has 0 aromatic carbocycles. The molecule has 1 fully saturated rings. The molecule has 0 saturated heterocycles. The van der Waals surface area contributed by atoms with E-state index in [1.54, 1.807) is 7.11 Å². The van der Waals surface area contributed by atoms with Gasteiger partial charge in [-0.2, -0.15) is 0 Å². The number of carbonyl (C=O) groups excluding carboxylic acids is 1. The van der Waals surface area contributed by atoms with Crippen LogP contribution in [0.1, 0.15) is 33.6 Å². The summed E-state index contributed by atoms with van der Waals surface area (Å²) in [6, 6.07) is 0.289. The number of nitrogens with one attached hydrogen (secondary N) is 1. The first-order valence-electron chi connectivity index (χ1n) is 5.86. The van der Waals surface area contributed by atoms with Crippen molar-refractivity contribution in [1.82, 2.24) is 5.32 Å². The van der Waals surface area contributed by atoms with Crippen LogP contribution in [0.15, 0.2) is 0 Å². The molecule has 1 rings (SSSR count). The Morgan fingerprint density at radius 1 is 1.44 bits per heavy atom. The highest BCUT2D eigenvalue weighted by atomic mass is 16.6. The van der Waals surface area contributed by atoms with Crippen molar-refractivity contribution in [2.45, 2.75) is 45.3 Å². The van der Waals surface area contributed by atoms with Crippen molar-refractivity contribution < 1.29 is 14.3 Å². The number of rotatable bonds is 6. The van der Waals surface area contributed by atoms with Crippen molar-refractivity contribution in [3.05, 3.63) is 0 Å². The van der Waals surface area contributed by atoms with Crippen molar-refractivity contribution in [3.63, 3.8) is 0 Å². The molecule has 0 amide bonds. The minimum absolute atomic E-state index is 0.200. The van der Waals surface area contributed by atoms with Crippen LogP contribution in [-0.4, -0.2) is 37.9 Å². The summed E-state index contributed by atoms with van der Waals surface area (Å²) in [5.74, 6) is 0.469. The maximum absolute atomic E-state index is 11.5. The summed E-state index contributed by atoms with van der Waals surface area (Å²) in [5, 5.41) is 3.21. The Balaban J connectivity index is 2.23. The fraction of sp³-hybridized carbons (Fsp3) is 0.917. The van der Waals surface area contributed by atoms with E-state index in [0.717, 1.165) is 0 Å². The predicted octanol–water partition coefficient (Wildman–Crippen LogP) is 1.34. The van der Waals surface area contributed by atoms with Crippen molar-refractivity contribution >= 4 is 5.97 Å². The van der Waals surface area contributed by atoms with Crippen LogP contribution in [-0.2, 0) is 14.3 Å². The minimum Gasteiger partial charge on any atom is -0.459 e. The Hall–Kier alpha value is -0.610. The zero-order chi connectivity index (χ0) is 12.2. The van der Waals surface area contributed by atoms with Gasteiger partial charge < -0.3 is 14.8 Å². The highest BCUT2D eigenvalue weighted by Gasteiger charge is 2.31. The molecule has 94 valence electrons. The van der Waals surface area contributed by atoms with E-state index in [1.807, 2.05) is 20.8 Å². The average Bonchev–Trinajstić information content (AvgIpc) is 2.92. The molecule has 1 aliphatic carbocycles. The molecule has 1 aliphatic rings. The van der Waals surface area contributed by atoms with Gasteiger partial charge in [0.1, 0.15) is 5.60 Å². The minimum atomic E-state index is -0.408. The predicted molar refractivity (Wildman–Crippen MR) is 62.2 cm³/mol. The summed E-state index contributed by atoms with van der Waals surface area (Å²) in [4.78, 5) is 11.5. The fourth-order valence-electron chi connectivity index (χ4n) is 1.63. The molecule has 0 aliphatic heterocycles. The molecule has 16 heavy (non-hydrogen) atoms. The third-order valence-corrected chi connectivity index (χ3v) is 2.47. The molecule has 4 heteroatoms. The fourth-order valence-corrected chi connectivity index (χ4v) is 1.63. The quantitative estimate of drug-likeness (QED) is 0.698. The van der Waals surface area contributed by atoms with Gasteiger partial charge in [-0.25, -0.2) is 0 Å². The first-order valence-corrected chi connectivity index (χ1v) is 5.86. The summed E-state index contributed by atoms with van der Waals surface area (Å²) in [7, 11) is 1.69. The summed E-state index contributed by atoms with van der Waals surface area (Å²) in [6.07, 6.45) is 2.46. The normalized spacial score (nSPS) is 18.2. The first-order chi connectivity index (χ1) is 7.42. The molecule has 1 saturated carbocycles. The maximum atomic E-state index is 11.5. The van der Waals surface area contributed by atoms with Gasteiger partial charge in [-0.15, -0.1) is 0 Å². The number of hydrogen-bond acceptors (Lipinski definition) is 4. The first kappa shape index (κ1) is 13.5. The van der Waals surface area contributed by atoms with E-state index in [-0.39, 0.29) is 18.6 Å². The Labute approximate surface area is 97.7 Å². The average molecular weight is 229 g/mol. The van der Waals surface area contributed by atoms with Gasteiger partial charge in [0.25, 0.3) is 0 Å². The number of hydrogen-bond donors (Lipinski definition) is 1. The van der Waals surface area contributed by atoms with Gasteiger partial charge in [-0.05, 0) is 39.5 Å². The number of methoxy groups -OCH3 is 1. The topological polar surface area (TPSA) is 47.6 Å². The largest absolute Gasteiger partial charge is 0.459 e. The lowest BCUT2D eigenvalue weighted by Crippen LogP contribution is -2.40. The van der Waals surface area contributed by atoms with Crippen molar-refractivity contribution in [3.8, 4) is 0 Å². The third kappa shape index (κ3) is 5.47. The van der Waals surface area contributed by atoms with Crippen LogP contribution in [0.3, 0.4) is 0 Å². The second-order valence-electron chi connectivity index (χ2n) is 5.37. The third-order valence-electron chi connectivity index (χ3n) is 2.47. The van der Waals surface area contributed by atoms with E-state index in [9.17, 15) is 4.79 Å². The SMILES string of the molecule is COCC(NCC(=O)OC(C)(C)C)C1CC1. The van der Waals surface area contributed by atoms with Crippen LogP contribution >= 0.6 is 0 Å². The Morgan fingerprint density at radius 3 is 2.50 bits per heavy atom. The van der Waals surface area contributed by atoms with Crippen LogP contribution in [0.25, 0.3) is 0 Å². The van der Waals surface area contributed by atoms with Gasteiger partial charge in [0, 0.05) is 13.2 Å². The van der Waals surface area contributed by atoms with E-state index in [4.69, 9.17) is 9.47 Å². The van der Waals surface area contributed by atoms with E-state index >= 15 is 0 Å². The summed E-state index contributed by atoms with van der Waals surface area (Å²) in [5.41, 5.74) is -0.408. The van der Waals surface area contributed by atoms with Crippen molar-refractivity contribution in [2.75, 3.05) is 20.3 Å². The summed E-state index contributed by atoms with van der Waals surface area (Å²) in [6.45, 7) is 6.55. The Kier molecular flexibility index (Phi) is 4.74. The molecule has 0 aromatic heterocycles. The van der Waals surface area contributed by atoms with Crippen LogP contribution in [0.5, 0.6) is 0 Å². The maximum Gasteiger partial charge on any atom is 0.320 e. The van der Waals surface area contributed by atoms with Gasteiger partial charge in [0.2, 0.25) is 0 Å². The lowest BCUT2D eigenvalue weighted by Gasteiger charge is -2.21. The second-order valence-corrected chi connectivity index (χ2v) is 5.37. The highest BCUT2D eigenvalue weighted by Crippen LogP contribution is 2.32. The van der Waals surface area contributed by atoms with E-state index < -0.39 is 5.60 Å². The monoisotopic (exact) mass is 229 g/mol. The second kappa shape index (κ2) is 5.64. The molecule has 0 spiro atoms. The van der Waals surface area contributed by atoms with Crippen molar-refractivity contribution in [2.24, 2.45) is 5.92 Å². The smallest absolute Gasteiger partial charge is 0.320 e. The Morgan fingerprint density at radius 2 is 2.06 bits per heavy atom. The lowest BCUT2D eigenvalue weighted by atomic mass is 10.2. The molecular weight excluding hydrogens is 206 g/mol. The van der Waals surface area contributed by atoms with Crippen LogP contribution in [0, 0.1) is 5.92 Å². The van der Waals surface area contributed by atoms with Crippen molar-refractivity contribution in [1.29, 1.82) is 0 Å². The molecule has 1 atom stereocenters. The lowest BCUT2D eigenvalue weighted by molar-refractivity contribution is -0.153. The van der Waals surface area contributed by atoms with E-state index in [0.29, 0.717) is 12.5 Å². The number of carbonyl (C=O) groups is 1. The highest BCUT2D eigenvalue weighted by molar-refractivity contribution is 5.72. The van der Waals surface area contributed by atoms with Gasteiger partial charge in [-0.3, -0.25) is 4.79 Å². The van der Waals surface area contributed by atoms with Crippen LogP contribution in [0.2, 0.25) is 0 Å². The van der Waals surface area contributed by atoms with Crippen LogP contribution in [0.4, 0.5) is 0 Å². The Bertz CT molecular complexity index is 231. The summed E-state index contributed by atoms with van der Waals surface area (Å²) >= 11 is 0. The molecule has 1 N–H and O–H groups in total. The molecule has 0 heterocycles. The zero-order valence-corrected chi connectivity index (χ0v) is 10.7. The molecular formula is C12H23NO3. The molecule has 0 aromatic rings. The van der Waals surface area contributed by atoms with Gasteiger partial charge >= 0.3 is 5.97 Å². The summed E-state index contributed by atoms with van der Waals surface area (Å²) < 4.78 is 10.3. The standard InChI is InChI=1S/C12H23NO3/c1-12(2,3)16-11(14)7-13-10(8-15-4)9-5-6-9/h9-10,13H,5-8H2,1-4H3. The zero-order valence-electron chi connectivity index (χ0n) is 10.7. The molecule has 1 unspecified atom stereocenters. The molecule has 0 radical (unpaired) electrons. The van der Waals surface area contributed by atoms with Gasteiger partial charge in [0.15, 0.2) is 0 Å². The van der Waals surface area contributed by atoms with Gasteiger partial charge in [0.05, 0.1) is 13.2 Å².